The van der Waals surface area contributed by atoms with E-state index in [1.54, 1.807) is 0 Å². The fraction of sp³-hybridized carbons (Fsp3) is 0.108. The molecule has 0 amide bonds. The summed E-state index contributed by atoms with van der Waals surface area (Å²) >= 11 is 0. The minimum Gasteiger partial charge on any atom is -0.277 e. The molecule has 0 saturated heterocycles. The highest BCUT2D eigenvalue weighted by Gasteiger charge is 2.39. The van der Waals surface area contributed by atoms with Crippen molar-refractivity contribution >= 4 is 27.4 Å². The van der Waals surface area contributed by atoms with Crippen LogP contribution in [0.4, 0.5) is 0 Å². The number of rotatable bonds is 5. The smallest absolute Gasteiger partial charge is 0.238 e. The van der Waals surface area contributed by atoms with Crippen LogP contribution in [0.2, 0.25) is 0 Å². The van der Waals surface area contributed by atoms with Gasteiger partial charge >= 0.3 is 0 Å². The molecule has 1 aliphatic carbocycles. The van der Waals surface area contributed by atoms with Gasteiger partial charge in [-0.3, -0.25) is 4.57 Å². The van der Waals surface area contributed by atoms with E-state index in [2.05, 4.69) is 80.5 Å². The lowest BCUT2D eigenvalue weighted by Gasteiger charge is -2.24. The van der Waals surface area contributed by atoms with Gasteiger partial charge in [0.25, 0.3) is 0 Å². The summed E-state index contributed by atoms with van der Waals surface area (Å²) in [4.78, 5) is 15.2. The highest BCUT2D eigenvalue weighted by Crippen LogP contribution is 2.51. The third-order valence-electron chi connectivity index (χ3n) is 8.14. The Bertz CT molecular complexity index is 1970. The standard InChI is InChI=1S/C37H30N4/c1-5-15-30-26(6-2)28-22-23-29-27-20-13-14-21-31(27)41(33(29)32(28)37(30,3)4)36-39-34(24-16-9-7-10-17-24)38-35(40-36)25-18-11-8-12-19-25/h5-23H,2H2,1,3-4H3/b15-5-. The molecule has 4 aromatic carbocycles. The monoisotopic (exact) mass is 530 g/mol. The number of fused-ring (bicyclic) bond motifs is 5. The Morgan fingerprint density at radius 1 is 0.707 bits per heavy atom. The van der Waals surface area contributed by atoms with Crippen molar-refractivity contribution in [2.75, 3.05) is 0 Å². The molecule has 6 aromatic rings. The van der Waals surface area contributed by atoms with E-state index in [1.165, 1.54) is 33.0 Å². The summed E-state index contributed by atoms with van der Waals surface area (Å²) in [5.41, 5.74) is 8.73. The minimum absolute atomic E-state index is 0.255. The quantitative estimate of drug-likeness (QED) is 0.223. The lowest BCUT2D eigenvalue weighted by molar-refractivity contribution is 0.657. The second-order valence-corrected chi connectivity index (χ2v) is 10.9. The highest BCUT2D eigenvalue weighted by molar-refractivity contribution is 6.12. The Labute approximate surface area is 240 Å². The van der Waals surface area contributed by atoms with Gasteiger partial charge in [0, 0.05) is 27.3 Å². The highest BCUT2D eigenvalue weighted by atomic mass is 15.2. The normalized spacial score (nSPS) is 14.3. The SMILES string of the molecule is C=CC1=C(/C=C\C)C(C)(C)c2c1ccc1c3ccccc3n(-c3nc(-c4ccccc4)nc(-c4ccccc4)n3)c21. The molecule has 0 aliphatic heterocycles. The van der Waals surface area contributed by atoms with E-state index < -0.39 is 0 Å². The van der Waals surface area contributed by atoms with Crippen LogP contribution in [0.25, 0.3) is 56.1 Å². The average Bonchev–Trinajstić information content (AvgIpc) is 3.46. The van der Waals surface area contributed by atoms with Crippen molar-refractivity contribution in [3.05, 3.63) is 139 Å². The summed E-state index contributed by atoms with van der Waals surface area (Å²) < 4.78 is 2.24. The molecule has 0 bridgehead atoms. The van der Waals surface area contributed by atoms with Crippen LogP contribution in [0.15, 0.2) is 127 Å². The first-order valence-corrected chi connectivity index (χ1v) is 14.0. The molecule has 1 aliphatic rings. The minimum atomic E-state index is -0.255. The van der Waals surface area contributed by atoms with E-state index in [4.69, 9.17) is 15.0 Å². The Kier molecular flexibility index (Phi) is 5.79. The number of allylic oxidation sites excluding steroid dienone is 5. The maximum atomic E-state index is 5.13. The first-order valence-electron chi connectivity index (χ1n) is 14.0. The number of benzene rings is 4. The van der Waals surface area contributed by atoms with Gasteiger partial charge in [0.15, 0.2) is 11.6 Å². The maximum Gasteiger partial charge on any atom is 0.238 e. The largest absolute Gasteiger partial charge is 0.277 e. The van der Waals surface area contributed by atoms with Crippen LogP contribution in [0.3, 0.4) is 0 Å². The summed E-state index contributed by atoms with van der Waals surface area (Å²) in [6, 6.07) is 33.3. The topological polar surface area (TPSA) is 43.6 Å². The van der Waals surface area contributed by atoms with Crippen LogP contribution in [0, 0.1) is 0 Å². The summed E-state index contributed by atoms with van der Waals surface area (Å²) in [6.07, 6.45) is 6.33. The number of nitrogens with zero attached hydrogens (tertiary/aromatic N) is 4. The number of hydrogen-bond acceptors (Lipinski definition) is 3. The van der Waals surface area contributed by atoms with Gasteiger partial charge in [-0.1, -0.05) is 130 Å². The Hall–Kier alpha value is -5.09. The van der Waals surface area contributed by atoms with Gasteiger partial charge < -0.3 is 0 Å². The van der Waals surface area contributed by atoms with Crippen LogP contribution in [-0.4, -0.2) is 19.5 Å². The summed E-state index contributed by atoms with van der Waals surface area (Å²) in [7, 11) is 0. The van der Waals surface area contributed by atoms with Crippen molar-refractivity contribution in [1.82, 2.24) is 19.5 Å². The molecule has 0 saturated carbocycles. The van der Waals surface area contributed by atoms with Crippen molar-refractivity contribution in [3.8, 4) is 28.7 Å². The Balaban J connectivity index is 1.62. The second kappa shape index (κ2) is 9.53. The Morgan fingerprint density at radius 2 is 1.32 bits per heavy atom. The molecule has 7 rings (SSSR count). The van der Waals surface area contributed by atoms with Crippen molar-refractivity contribution in [3.63, 3.8) is 0 Å². The van der Waals surface area contributed by atoms with Gasteiger partial charge in [0.05, 0.1) is 11.0 Å². The van der Waals surface area contributed by atoms with E-state index in [0.29, 0.717) is 17.6 Å². The third kappa shape index (κ3) is 3.79. The first-order chi connectivity index (χ1) is 20.0. The van der Waals surface area contributed by atoms with Gasteiger partial charge in [-0.15, -0.1) is 0 Å². The fourth-order valence-corrected chi connectivity index (χ4v) is 6.32. The molecule has 4 heteroatoms. The van der Waals surface area contributed by atoms with Crippen molar-refractivity contribution in [1.29, 1.82) is 0 Å². The molecule has 198 valence electrons. The number of aromatic nitrogens is 4. The molecular formula is C37H30N4. The van der Waals surface area contributed by atoms with Crippen LogP contribution < -0.4 is 0 Å². The molecular weight excluding hydrogens is 500 g/mol. The predicted octanol–water partition coefficient (Wildman–Crippen LogP) is 9.11. The van der Waals surface area contributed by atoms with Crippen LogP contribution >= 0.6 is 0 Å². The van der Waals surface area contributed by atoms with E-state index >= 15 is 0 Å². The molecule has 0 fully saturated rings. The fourth-order valence-electron chi connectivity index (χ4n) is 6.32. The molecule has 0 spiro atoms. The molecule has 2 aromatic heterocycles. The first kappa shape index (κ1) is 24.9. The molecule has 4 nitrogen and oxygen atoms in total. The van der Waals surface area contributed by atoms with E-state index in [0.717, 1.165) is 22.2 Å². The molecule has 0 N–H and O–H groups in total. The average molecular weight is 531 g/mol. The zero-order valence-electron chi connectivity index (χ0n) is 23.5. The predicted molar refractivity (Wildman–Crippen MR) is 170 cm³/mol. The van der Waals surface area contributed by atoms with Crippen molar-refractivity contribution in [2.45, 2.75) is 26.2 Å². The van der Waals surface area contributed by atoms with Gasteiger partial charge in [-0.25, -0.2) is 4.98 Å². The maximum absolute atomic E-state index is 5.13. The van der Waals surface area contributed by atoms with Crippen LogP contribution in [0.5, 0.6) is 0 Å². The molecule has 2 heterocycles. The van der Waals surface area contributed by atoms with E-state index in [1.807, 2.05) is 66.7 Å². The zero-order valence-corrected chi connectivity index (χ0v) is 23.5. The van der Waals surface area contributed by atoms with Gasteiger partial charge in [0.2, 0.25) is 5.95 Å². The van der Waals surface area contributed by atoms with Gasteiger partial charge in [-0.05, 0) is 35.3 Å². The number of para-hydroxylation sites is 1. The summed E-state index contributed by atoms with van der Waals surface area (Å²) in [5, 5.41) is 2.35. The van der Waals surface area contributed by atoms with Gasteiger partial charge in [-0.2, -0.15) is 9.97 Å². The molecule has 0 unspecified atom stereocenters. The number of hydrogen-bond donors (Lipinski definition) is 0. The molecule has 0 atom stereocenters. The lowest BCUT2D eigenvalue weighted by Crippen LogP contribution is -2.18. The van der Waals surface area contributed by atoms with Gasteiger partial charge in [0.1, 0.15) is 0 Å². The summed E-state index contributed by atoms with van der Waals surface area (Å²) in [6.45, 7) is 10.9. The second-order valence-electron chi connectivity index (χ2n) is 10.9. The van der Waals surface area contributed by atoms with E-state index in [9.17, 15) is 0 Å². The van der Waals surface area contributed by atoms with E-state index in [-0.39, 0.29) is 5.41 Å². The van der Waals surface area contributed by atoms with Crippen LogP contribution in [-0.2, 0) is 5.41 Å². The van der Waals surface area contributed by atoms with Crippen molar-refractivity contribution in [2.24, 2.45) is 0 Å². The molecule has 41 heavy (non-hydrogen) atoms. The summed E-state index contributed by atoms with van der Waals surface area (Å²) in [5.74, 6) is 1.89. The van der Waals surface area contributed by atoms with Crippen LogP contribution in [0.1, 0.15) is 31.9 Å². The zero-order chi connectivity index (χ0) is 28.1. The molecule has 0 radical (unpaired) electrons. The Morgan fingerprint density at radius 3 is 1.93 bits per heavy atom. The van der Waals surface area contributed by atoms with Crippen molar-refractivity contribution < 1.29 is 0 Å². The lowest BCUT2D eigenvalue weighted by atomic mass is 9.80. The third-order valence-corrected chi connectivity index (χ3v) is 8.14.